The number of benzene rings is 3. The number of carbonyl (C=O) groups excluding carboxylic acids is 1. The first-order valence-electron chi connectivity index (χ1n) is 8.99. The number of hydrogen-bond donors (Lipinski definition) is 1. The maximum Gasteiger partial charge on any atom is 0.273 e. The maximum absolute atomic E-state index is 12.4. The second-order valence-corrected chi connectivity index (χ2v) is 6.68. The second kappa shape index (κ2) is 7.55. The summed E-state index contributed by atoms with van der Waals surface area (Å²) in [7, 11) is 0. The van der Waals surface area contributed by atoms with Crippen molar-refractivity contribution in [1.29, 1.82) is 0 Å². The van der Waals surface area contributed by atoms with Gasteiger partial charge in [0.1, 0.15) is 5.52 Å². The molecular weight excluding hydrogens is 370 g/mol. The minimum atomic E-state index is -0.490. The molecule has 0 saturated heterocycles. The molecule has 3 aromatic carbocycles. The minimum absolute atomic E-state index is 0.0730. The van der Waals surface area contributed by atoms with E-state index >= 15 is 0 Å². The van der Waals surface area contributed by atoms with E-state index < -0.39 is 4.92 Å². The molecule has 0 atom stereocenters. The van der Waals surface area contributed by atoms with Crippen molar-refractivity contribution in [2.75, 3.05) is 5.32 Å². The van der Waals surface area contributed by atoms with Crippen molar-refractivity contribution in [3.05, 3.63) is 88.0 Å². The molecule has 0 radical (unpaired) electrons. The number of aryl methyl sites for hydroxylation is 1. The Kier molecular flexibility index (Phi) is 4.78. The highest BCUT2D eigenvalue weighted by atomic mass is 16.6. The molecule has 1 amide bonds. The molecule has 1 aromatic heterocycles. The zero-order valence-electron chi connectivity index (χ0n) is 15.6. The number of aromatic nitrogens is 1. The molecule has 4 aromatic rings. The summed E-state index contributed by atoms with van der Waals surface area (Å²) in [6.45, 7) is 2.00. The minimum Gasteiger partial charge on any atom is -0.436 e. The summed E-state index contributed by atoms with van der Waals surface area (Å²) in [6.07, 6.45) is -0.0971. The average molecular weight is 387 g/mol. The Morgan fingerprint density at radius 2 is 1.93 bits per heavy atom. The number of oxazole rings is 1. The molecule has 144 valence electrons. The molecule has 0 aliphatic heterocycles. The quantitative estimate of drug-likeness (QED) is 0.388. The number of para-hydroxylation sites is 1. The fourth-order valence-corrected chi connectivity index (χ4v) is 3.12. The van der Waals surface area contributed by atoms with Crippen LogP contribution >= 0.6 is 0 Å². The van der Waals surface area contributed by atoms with Crippen LogP contribution in [0.25, 0.3) is 22.6 Å². The number of nitro groups is 1. The van der Waals surface area contributed by atoms with Crippen LogP contribution in [0.15, 0.2) is 71.1 Å². The monoisotopic (exact) mass is 387 g/mol. The summed E-state index contributed by atoms with van der Waals surface area (Å²) in [5.74, 6) is 0.157. The van der Waals surface area contributed by atoms with E-state index in [1.54, 1.807) is 36.4 Å². The van der Waals surface area contributed by atoms with Gasteiger partial charge in [-0.2, -0.15) is 0 Å². The highest BCUT2D eigenvalue weighted by Crippen LogP contribution is 2.27. The lowest BCUT2D eigenvalue weighted by Crippen LogP contribution is -2.15. The van der Waals surface area contributed by atoms with Crippen molar-refractivity contribution in [1.82, 2.24) is 4.98 Å². The number of nitrogens with one attached hydrogen (secondary N) is 1. The molecule has 0 aliphatic rings. The standard InChI is InChI=1S/C22H17N3O4/c1-14-5-4-7-16(11-14)22-24-18-10-9-17(13-20(18)29-22)23-21(26)12-15-6-2-3-8-19(15)25(27)28/h2-11,13H,12H2,1H3,(H,23,26). The summed E-state index contributed by atoms with van der Waals surface area (Å²) in [4.78, 5) is 27.5. The molecule has 4 rings (SSSR count). The van der Waals surface area contributed by atoms with E-state index in [1.807, 2.05) is 31.2 Å². The van der Waals surface area contributed by atoms with Gasteiger partial charge in [-0.15, -0.1) is 0 Å². The maximum atomic E-state index is 12.4. The van der Waals surface area contributed by atoms with Crippen molar-refractivity contribution in [3.63, 3.8) is 0 Å². The number of nitrogens with zero attached hydrogens (tertiary/aromatic N) is 2. The van der Waals surface area contributed by atoms with Gasteiger partial charge in [0.2, 0.25) is 11.8 Å². The van der Waals surface area contributed by atoms with E-state index in [0.717, 1.165) is 11.1 Å². The van der Waals surface area contributed by atoms with Crippen LogP contribution in [0.5, 0.6) is 0 Å². The van der Waals surface area contributed by atoms with Crippen molar-refractivity contribution in [2.45, 2.75) is 13.3 Å². The number of nitro benzene ring substituents is 1. The lowest BCUT2D eigenvalue weighted by molar-refractivity contribution is -0.385. The van der Waals surface area contributed by atoms with Crippen molar-refractivity contribution < 1.29 is 14.1 Å². The Morgan fingerprint density at radius 3 is 2.72 bits per heavy atom. The van der Waals surface area contributed by atoms with Gasteiger partial charge in [0.15, 0.2) is 5.58 Å². The molecule has 7 nitrogen and oxygen atoms in total. The van der Waals surface area contributed by atoms with Gasteiger partial charge in [-0.1, -0.05) is 35.9 Å². The zero-order chi connectivity index (χ0) is 20.4. The molecular formula is C22H17N3O4. The van der Waals surface area contributed by atoms with Crippen molar-refractivity contribution in [3.8, 4) is 11.5 Å². The summed E-state index contributed by atoms with van der Waals surface area (Å²) < 4.78 is 5.85. The van der Waals surface area contributed by atoms with Crippen molar-refractivity contribution in [2.24, 2.45) is 0 Å². The second-order valence-electron chi connectivity index (χ2n) is 6.68. The Balaban J connectivity index is 1.54. The number of rotatable bonds is 5. The lowest BCUT2D eigenvalue weighted by atomic mass is 10.1. The van der Waals surface area contributed by atoms with Gasteiger partial charge in [-0.25, -0.2) is 4.98 Å². The van der Waals surface area contributed by atoms with E-state index in [1.165, 1.54) is 6.07 Å². The van der Waals surface area contributed by atoms with Gasteiger partial charge in [0.05, 0.1) is 11.3 Å². The summed E-state index contributed by atoms with van der Waals surface area (Å²) in [5, 5.41) is 13.9. The molecule has 1 N–H and O–H groups in total. The number of hydrogen-bond acceptors (Lipinski definition) is 5. The number of fused-ring (bicyclic) bond motifs is 1. The van der Waals surface area contributed by atoms with Crippen LogP contribution in [-0.2, 0) is 11.2 Å². The number of carbonyl (C=O) groups is 1. The van der Waals surface area contributed by atoms with Crippen LogP contribution in [0, 0.1) is 17.0 Å². The van der Waals surface area contributed by atoms with Gasteiger partial charge in [-0.05, 0) is 31.2 Å². The number of amides is 1. The predicted molar refractivity (Wildman–Crippen MR) is 110 cm³/mol. The van der Waals surface area contributed by atoms with Gasteiger partial charge in [0, 0.05) is 28.9 Å². The van der Waals surface area contributed by atoms with Crippen LogP contribution in [0.2, 0.25) is 0 Å². The number of anilines is 1. The fraction of sp³-hybridized carbons (Fsp3) is 0.0909. The first kappa shape index (κ1) is 18.4. The van der Waals surface area contributed by atoms with Crippen LogP contribution in [0.1, 0.15) is 11.1 Å². The molecule has 0 unspecified atom stereocenters. The first-order chi connectivity index (χ1) is 14.0. The van der Waals surface area contributed by atoms with Gasteiger partial charge in [-0.3, -0.25) is 14.9 Å². The van der Waals surface area contributed by atoms with Crippen molar-refractivity contribution >= 4 is 28.4 Å². The zero-order valence-corrected chi connectivity index (χ0v) is 15.6. The predicted octanol–water partition coefficient (Wildman–Crippen LogP) is 4.89. The van der Waals surface area contributed by atoms with E-state index in [9.17, 15) is 14.9 Å². The largest absolute Gasteiger partial charge is 0.436 e. The Morgan fingerprint density at radius 1 is 1.10 bits per heavy atom. The van der Waals surface area contributed by atoms with Gasteiger partial charge in [0.25, 0.3) is 5.69 Å². The third-order valence-electron chi connectivity index (χ3n) is 4.48. The summed E-state index contributed by atoms with van der Waals surface area (Å²) >= 11 is 0. The van der Waals surface area contributed by atoms with E-state index in [4.69, 9.17) is 4.42 Å². The van der Waals surface area contributed by atoms with E-state index in [2.05, 4.69) is 10.3 Å². The molecule has 0 saturated carbocycles. The fourth-order valence-electron chi connectivity index (χ4n) is 3.12. The molecule has 29 heavy (non-hydrogen) atoms. The molecule has 7 heteroatoms. The molecule has 0 bridgehead atoms. The Labute approximate surface area is 166 Å². The molecule has 1 heterocycles. The Bertz CT molecular complexity index is 1230. The van der Waals surface area contributed by atoms with E-state index in [-0.39, 0.29) is 18.0 Å². The lowest BCUT2D eigenvalue weighted by Gasteiger charge is -2.05. The van der Waals surface area contributed by atoms with Crippen LogP contribution in [-0.4, -0.2) is 15.8 Å². The third kappa shape index (κ3) is 3.98. The topological polar surface area (TPSA) is 98.3 Å². The first-order valence-corrected chi connectivity index (χ1v) is 8.99. The van der Waals surface area contributed by atoms with E-state index in [0.29, 0.717) is 28.2 Å². The summed E-state index contributed by atoms with van der Waals surface area (Å²) in [5.41, 5.74) is 4.03. The van der Waals surface area contributed by atoms with Crippen LogP contribution in [0.4, 0.5) is 11.4 Å². The molecule has 0 aliphatic carbocycles. The Hall–Kier alpha value is -4.00. The summed E-state index contributed by atoms with van der Waals surface area (Å²) in [6, 6.07) is 19.2. The SMILES string of the molecule is Cc1cccc(-c2nc3ccc(NC(=O)Cc4ccccc4[N+](=O)[O-])cc3o2)c1. The highest BCUT2D eigenvalue weighted by molar-refractivity contribution is 5.94. The van der Waals surface area contributed by atoms with Gasteiger partial charge >= 0.3 is 0 Å². The normalized spacial score (nSPS) is 10.8. The average Bonchev–Trinajstić information content (AvgIpc) is 3.11. The van der Waals surface area contributed by atoms with Crippen LogP contribution in [0.3, 0.4) is 0 Å². The van der Waals surface area contributed by atoms with Crippen LogP contribution < -0.4 is 5.32 Å². The third-order valence-corrected chi connectivity index (χ3v) is 4.48. The molecule has 0 fully saturated rings. The van der Waals surface area contributed by atoms with Gasteiger partial charge < -0.3 is 9.73 Å². The highest BCUT2D eigenvalue weighted by Gasteiger charge is 2.16. The molecule has 0 spiro atoms. The smallest absolute Gasteiger partial charge is 0.273 e.